The van der Waals surface area contributed by atoms with Crippen LogP contribution in [-0.2, 0) is 25.6 Å². The van der Waals surface area contributed by atoms with Crippen molar-refractivity contribution in [3.8, 4) is 17.6 Å². The summed E-state index contributed by atoms with van der Waals surface area (Å²) < 4.78 is 23.5. The van der Waals surface area contributed by atoms with Crippen LogP contribution in [-0.4, -0.2) is 118 Å². The van der Waals surface area contributed by atoms with Gasteiger partial charge in [-0.2, -0.15) is 5.26 Å². The van der Waals surface area contributed by atoms with E-state index in [9.17, 15) is 29.0 Å². The van der Waals surface area contributed by atoms with E-state index in [0.29, 0.717) is 33.6 Å². The molecule has 0 saturated carbocycles. The predicted octanol–water partition coefficient (Wildman–Crippen LogP) is 6.65. The van der Waals surface area contributed by atoms with Crippen molar-refractivity contribution < 1.29 is 53.6 Å². The Morgan fingerprint density at radius 2 is 1.62 bits per heavy atom. The molecule has 1 saturated heterocycles. The van der Waals surface area contributed by atoms with Gasteiger partial charge in [-0.25, -0.2) is 4.79 Å². The molecular formula is C43H47Cl2N3O11S. The van der Waals surface area contributed by atoms with Crippen molar-refractivity contribution in [1.29, 1.82) is 5.26 Å². The zero-order valence-corrected chi connectivity index (χ0v) is 35.9. The molecule has 5 rings (SSSR count). The summed E-state index contributed by atoms with van der Waals surface area (Å²) in [5, 5.41) is 46.1. The maximum Gasteiger partial charge on any atom is 0.336 e. The van der Waals surface area contributed by atoms with Crippen molar-refractivity contribution in [2.75, 3.05) is 53.7 Å². The average molecular weight is 885 g/mol. The van der Waals surface area contributed by atoms with E-state index in [0.717, 1.165) is 71.4 Å². The van der Waals surface area contributed by atoms with Crippen LogP contribution >= 0.6 is 23.2 Å². The first-order valence-corrected chi connectivity index (χ1v) is 21.1. The zero-order valence-electron chi connectivity index (χ0n) is 33.5. The number of fused-ring (bicyclic) bond motifs is 1. The molecule has 0 spiro atoms. The van der Waals surface area contributed by atoms with Crippen LogP contribution < -0.4 is 9.47 Å². The van der Waals surface area contributed by atoms with Gasteiger partial charge in [0.05, 0.1) is 48.2 Å². The lowest BCUT2D eigenvalue weighted by Gasteiger charge is -2.34. The molecule has 2 atom stereocenters. The summed E-state index contributed by atoms with van der Waals surface area (Å²) >= 11 is 11.6. The van der Waals surface area contributed by atoms with Crippen molar-refractivity contribution in [2.45, 2.75) is 54.4 Å². The van der Waals surface area contributed by atoms with E-state index in [1.165, 1.54) is 7.11 Å². The van der Waals surface area contributed by atoms with Crippen LogP contribution in [0.25, 0.3) is 10.8 Å². The fraction of sp³-hybridized carbons (Fsp3) is 0.372. The number of methoxy groups -OCH3 is 2. The molecule has 4 N–H and O–H groups in total. The molecular weight excluding hydrogens is 837 g/mol. The van der Waals surface area contributed by atoms with Gasteiger partial charge in [-0.1, -0.05) is 59.6 Å². The largest absolute Gasteiger partial charge is 0.612 e. The van der Waals surface area contributed by atoms with Crippen molar-refractivity contribution in [2.24, 2.45) is 0 Å². The molecule has 0 aliphatic carbocycles. The Hall–Kier alpha value is -5.08. The smallest absolute Gasteiger partial charge is 0.336 e. The quantitative estimate of drug-likeness (QED) is 0.0867. The van der Waals surface area contributed by atoms with Crippen LogP contribution in [0.4, 0.5) is 0 Å². The Balaban J connectivity index is 0.000000526. The monoisotopic (exact) mass is 883 g/mol. The summed E-state index contributed by atoms with van der Waals surface area (Å²) in [6.07, 6.45) is 2.16. The SMILES string of the molecule is COc1ccc(C2CCN(CC[C@H](CN(C)C(=O)c3c(OC)c(C#N)cc4ccccc34)c3ccc(Cl)c(Cl)c3)CC2)c([S@+](C)[O-])c1.O=C(O)CC(O)(CC(=O)O)C(=O)O. The average Bonchev–Trinajstić information content (AvgIpc) is 3.21. The third-order valence-electron chi connectivity index (χ3n) is 10.4. The number of likely N-dealkylation sites (tertiary alicyclic amines) is 1. The minimum absolute atomic E-state index is 0.0245. The fourth-order valence-electron chi connectivity index (χ4n) is 7.32. The number of nitrogens with zero attached hydrogens (tertiary/aromatic N) is 3. The molecule has 320 valence electrons. The second-order valence-electron chi connectivity index (χ2n) is 14.5. The van der Waals surface area contributed by atoms with Crippen molar-refractivity contribution >= 4 is 69.0 Å². The van der Waals surface area contributed by atoms with E-state index in [4.69, 9.17) is 53.1 Å². The van der Waals surface area contributed by atoms with Gasteiger partial charge in [-0.3, -0.25) is 14.4 Å². The molecule has 0 bridgehead atoms. The normalized spacial score (nSPS) is 14.2. The lowest BCUT2D eigenvalue weighted by molar-refractivity contribution is -0.170. The molecule has 1 heterocycles. The number of halogens is 2. The highest BCUT2D eigenvalue weighted by Gasteiger charge is 2.41. The summed E-state index contributed by atoms with van der Waals surface area (Å²) in [6.45, 7) is 3.10. The number of aliphatic hydroxyl groups is 1. The number of rotatable bonds is 16. The molecule has 0 unspecified atom stereocenters. The van der Waals surface area contributed by atoms with Gasteiger partial charge in [0.25, 0.3) is 5.91 Å². The number of hydrogen-bond acceptors (Lipinski definition) is 10. The van der Waals surface area contributed by atoms with Crippen LogP contribution in [0.15, 0.2) is 71.6 Å². The van der Waals surface area contributed by atoms with Crippen molar-refractivity contribution in [3.05, 3.63) is 99.0 Å². The Morgan fingerprint density at radius 1 is 0.967 bits per heavy atom. The van der Waals surface area contributed by atoms with Gasteiger partial charge in [-0.15, -0.1) is 0 Å². The molecule has 60 heavy (non-hydrogen) atoms. The maximum absolute atomic E-state index is 14.1. The summed E-state index contributed by atoms with van der Waals surface area (Å²) in [4.78, 5) is 49.6. The van der Waals surface area contributed by atoms with E-state index in [1.54, 1.807) is 37.4 Å². The Labute approximate surface area is 361 Å². The molecule has 4 aromatic carbocycles. The second kappa shape index (κ2) is 21.4. The van der Waals surface area contributed by atoms with E-state index in [2.05, 4.69) is 17.0 Å². The molecule has 0 aromatic heterocycles. The summed E-state index contributed by atoms with van der Waals surface area (Å²) in [6, 6.07) is 23.1. The first-order valence-electron chi connectivity index (χ1n) is 18.8. The third-order valence-corrected chi connectivity index (χ3v) is 12.1. The first kappa shape index (κ1) is 47.6. The minimum Gasteiger partial charge on any atom is -0.612 e. The van der Waals surface area contributed by atoms with Gasteiger partial charge in [0, 0.05) is 31.1 Å². The summed E-state index contributed by atoms with van der Waals surface area (Å²) in [7, 11) is 4.90. The number of benzene rings is 4. The van der Waals surface area contributed by atoms with E-state index in [-0.39, 0.29) is 17.6 Å². The highest BCUT2D eigenvalue weighted by Crippen LogP contribution is 2.37. The number of hydrogen-bond donors (Lipinski definition) is 4. The van der Waals surface area contributed by atoms with Crippen molar-refractivity contribution in [1.82, 2.24) is 9.80 Å². The van der Waals surface area contributed by atoms with Crippen molar-refractivity contribution in [3.63, 3.8) is 0 Å². The second-order valence-corrected chi connectivity index (χ2v) is 16.6. The van der Waals surface area contributed by atoms with E-state index < -0.39 is 47.5 Å². The number of carboxylic acid groups (broad SMARTS) is 3. The standard InChI is InChI=1S/C37H39Cl2N3O4S.C6H8O7/c1-41(37(43)35-31-8-6-5-7-26(31)19-28(22-40)36(35)46-3)23-27(25-9-12-32(38)33(39)20-25)15-18-42-16-13-24(14-17-42)30-11-10-29(45-2)21-34(30)47(4)44;7-3(8)1-6(13,5(11)12)2-4(9)10/h5-12,19-21,24,27H,13-18,23H2,1-4H3;13H,1-2H2,(H,7,8)(H,9,10)(H,11,12)/t27-,47+;/m1./s1. The Morgan fingerprint density at radius 3 is 2.17 bits per heavy atom. The minimum atomic E-state index is -2.74. The number of piperidine rings is 1. The zero-order chi connectivity index (χ0) is 44.3. The number of carboxylic acids is 3. The number of likely N-dealkylation sites (N-methyl/N-ethyl adjacent to an activating group) is 1. The third kappa shape index (κ3) is 12.0. The van der Waals surface area contributed by atoms with Gasteiger partial charge >= 0.3 is 17.9 Å². The van der Waals surface area contributed by atoms with Crippen LogP contribution in [0.1, 0.15) is 71.0 Å². The van der Waals surface area contributed by atoms with Gasteiger partial charge in [0.1, 0.15) is 23.8 Å². The molecule has 1 aliphatic rings. The number of aliphatic carboxylic acids is 3. The maximum atomic E-state index is 14.1. The number of nitriles is 1. The Bertz CT molecular complexity index is 2230. The molecule has 1 fully saturated rings. The van der Waals surface area contributed by atoms with Gasteiger partial charge < -0.3 is 44.3 Å². The van der Waals surface area contributed by atoms with Crippen LogP contribution in [0.3, 0.4) is 0 Å². The molecule has 1 amide bonds. The Kier molecular flexibility index (Phi) is 17.0. The van der Waals surface area contributed by atoms with E-state index >= 15 is 0 Å². The number of ether oxygens (including phenoxy) is 2. The molecule has 1 aliphatic heterocycles. The predicted molar refractivity (Wildman–Crippen MR) is 227 cm³/mol. The van der Waals surface area contributed by atoms with Gasteiger partial charge in [-0.05, 0) is 96.6 Å². The van der Waals surface area contributed by atoms with Crippen LogP contribution in [0, 0.1) is 11.3 Å². The topological polar surface area (TPSA) is 221 Å². The summed E-state index contributed by atoms with van der Waals surface area (Å²) in [5.41, 5.74) is 0.107. The highest BCUT2D eigenvalue weighted by atomic mass is 35.5. The number of amides is 1. The first-order chi connectivity index (χ1) is 28.4. The van der Waals surface area contributed by atoms with Gasteiger partial charge in [0.2, 0.25) is 0 Å². The van der Waals surface area contributed by atoms with E-state index in [1.807, 2.05) is 48.5 Å². The molecule has 17 heteroatoms. The number of carbonyl (C=O) groups excluding carboxylic acids is 1. The highest BCUT2D eigenvalue weighted by molar-refractivity contribution is 7.90. The number of carbonyl (C=O) groups is 4. The lowest BCUT2D eigenvalue weighted by atomic mass is 9.88. The van der Waals surface area contributed by atoms with Crippen LogP contribution in [0.2, 0.25) is 10.0 Å². The molecule has 4 aromatic rings. The molecule has 14 nitrogen and oxygen atoms in total. The summed E-state index contributed by atoms with van der Waals surface area (Å²) in [5.74, 6) is -3.93. The molecule has 0 radical (unpaired) electrons. The lowest BCUT2D eigenvalue weighted by Crippen LogP contribution is -2.42. The fourth-order valence-corrected chi connectivity index (χ4v) is 8.47. The van der Waals surface area contributed by atoms with Gasteiger partial charge in [0.15, 0.2) is 10.5 Å². The van der Waals surface area contributed by atoms with Crippen LogP contribution in [0.5, 0.6) is 11.5 Å².